The van der Waals surface area contributed by atoms with Crippen molar-refractivity contribution in [3.05, 3.63) is 39.9 Å². The van der Waals surface area contributed by atoms with Gasteiger partial charge in [-0.1, -0.05) is 20.8 Å². The van der Waals surface area contributed by atoms with Gasteiger partial charge in [-0.2, -0.15) is 0 Å². The third-order valence-corrected chi connectivity index (χ3v) is 10.7. The third-order valence-electron chi connectivity index (χ3n) is 9.76. The predicted molar refractivity (Wildman–Crippen MR) is 189 cm³/mol. The Labute approximate surface area is 303 Å². The van der Waals surface area contributed by atoms with Gasteiger partial charge in [0.2, 0.25) is 5.91 Å². The van der Waals surface area contributed by atoms with Crippen LogP contribution in [-0.4, -0.2) is 111 Å². The van der Waals surface area contributed by atoms with Crippen LogP contribution < -0.4 is 5.32 Å². The fraction of sp³-hybridized carbons (Fsp3) is 0.667. The molecule has 2 aromatic rings. The molecule has 280 valence electrons. The number of hydrogen-bond acceptors (Lipinski definition) is 12. The first-order valence-electron chi connectivity index (χ1n) is 17.7. The number of carboxylic acid groups (broad SMARTS) is 1. The number of nitrogens with one attached hydrogen (secondary N) is 1. The highest BCUT2D eigenvalue weighted by molar-refractivity contribution is 7.09. The van der Waals surface area contributed by atoms with Crippen molar-refractivity contribution in [2.45, 2.75) is 97.4 Å². The van der Waals surface area contributed by atoms with Crippen LogP contribution in [0.3, 0.4) is 0 Å². The lowest BCUT2D eigenvalue weighted by Gasteiger charge is -2.36. The van der Waals surface area contributed by atoms with E-state index in [1.807, 2.05) is 32.7 Å². The zero-order valence-electron chi connectivity index (χ0n) is 30.7. The third kappa shape index (κ3) is 11.3. The molecule has 14 nitrogen and oxygen atoms in total. The number of carbonyl (C=O) groups is 5. The second kappa shape index (κ2) is 18.1. The summed E-state index contributed by atoms with van der Waals surface area (Å²) in [6.45, 7) is 10.3. The van der Waals surface area contributed by atoms with Crippen LogP contribution in [0.5, 0.6) is 0 Å². The molecule has 3 heterocycles. The summed E-state index contributed by atoms with van der Waals surface area (Å²) in [5.41, 5.74) is 0.973. The molecule has 1 aliphatic carbocycles. The van der Waals surface area contributed by atoms with Crippen molar-refractivity contribution in [2.24, 2.45) is 23.7 Å². The van der Waals surface area contributed by atoms with Crippen LogP contribution >= 0.6 is 11.3 Å². The number of aliphatic carboxylic acids is 1. The van der Waals surface area contributed by atoms with Gasteiger partial charge in [0.1, 0.15) is 16.5 Å². The van der Waals surface area contributed by atoms with Gasteiger partial charge in [0, 0.05) is 75.6 Å². The maximum atomic E-state index is 14.1. The van der Waals surface area contributed by atoms with Gasteiger partial charge in [0.25, 0.3) is 5.91 Å². The highest BCUT2D eigenvalue weighted by Gasteiger charge is 2.42. The number of aromatic nitrogens is 3. The van der Waals surface area contributed by atoms with E-state index < -0.39 is 41.8 Å². The van der Waals surface area contributed by atoms with E-state index in [1.165, 1.54) is 18.3 Å². The largest absolute Gasteiger partial charge is 0.481 e. The summed E-state index contributed by atoms with van der Waals surface area (Å²) >= 11 is 1.17. The number of nitrogens with zero attached hydrogens (tertiary/aromatic N) is 5. The highest BCUT2D eigenvalue weighted by atomic mass is 32.1. The number of likely N-dealkylation sites (N-methyl/N-ethyl adjacent to an activating group) is 1. The Morgan fingerprint density at radius 3 is 2.41 bits per heavy atom. The molecule has 1 saturated heterocycles. The maximum Gasteiger partial charge on any atom is 0.306 e. The number of ketones is 1. The molecule has 6 atom stereocenters. The van der Waals surface area contributed by atoms with Gasteiger partial charge in [-0.05, 0) is 50.6 Å². The maximum absolute atomic E-state index is 14.1. The first-order chi connectivity index (χ1) is 24.1. The molecule has 0 spiro atoms. The van der Waals surface area contributed by atoms with Gasteiger partial charge in [-0.25, -0.2) is 15.0 Å². The molecule has 2 fully saturated rings. The molecule has 0 aromatic carbocycles. The number of carboxylic acids is 1. The lowest BCUT2D eigenvalue weighted by atomic mass is 9.90. The van der Waals surface area contributed by atoms with Crippen molar-refractivity contribution >= 4 is 40.9 Å². The Kier molecular flexibility index (Phi) is 14.2. The fourth-order valence-electron chi connectivity index (χ4n) is 6.52. The smallest absolute Gasteiger partial charge is 0.306 e. The summed E-state index contributed by atoms with van der Waals surface area (Å²) < 4.78 is 11.3. The van der Waals surface area contributed by atoms with Gasteiger partial charge in [0.15, 0.2) is 11.9 Å². The Morgan fingerprint density at radius 2 is 1.82 bits per heavy atom. The van der Waals surface area contributed by atoms with Gasteiger partial charge in [0.05, 0.1) is 25.2 Å². The Hall–Kier alpha value is -3.82. The number of rotatable bonds is 18. The van der Waals surface area contributed by atoms with Crippen LogP contribution in [0.25, 0.3) is 0 Å². The number of aryl methyl sites for hydroxylation is 1. The van der Waals surface area contributed by atoms with Crippen molar-refractivity contribution in [3.63, 3.8) is 0 Å². The number of esters is 1. The fourth-order valence-corrected chi connectivity index (χ4v) is 7.36. The molecule has 1 aliphatic heterocycles. The molecule has 51 heavy (non-hydrogen) atoms. The summed E-state index contributed by atoms with van der Waals surface area (Å²) in [5.74, 6) is -2.70. The monoisotopic (exact) mass is 728 g/mol. The van der Waals surface area contributed by atoms with Crippen LogP contribution in [0.15, 0.2) is 17.8 Å². The van der Waals surface area contributed by atoms with Crippen molar-refractivity contribution in [2.75, 3.05) is 33.9 Å². The summed E-state index contributed by atoms with van der Waals surface area (Å²) in [6, 6.07) is -1.31. The van der Waals surface area contributed by atoms with Crippen LogP contribution in [0.4, 0.5) is 0 Å². The minimum atomic E-state index is -0.983. The predicted octanol–water partition coefficient (Wildman–Crippen LogP) is 3.49. The summed E-state index contributed by atoms with van der Waals surface area (Å²) in [5, 5.41) is 14.4. The molecule has 0 bridgehead atoms. The van der Waals surface area contributed by atoms with Crippen molar-refractivity contribution in [3.8, 4) is 0 Å². The molecule has 2 N–H and O–H groups in total. The molecule has 0 radical (unpaired) electrons. The Morgan fingerprint density at radius 1 is 1.14 bits per heavy atom. The summed E-state index contributed by atoms with van der Waals surface area (Å²) in [7, 11) is 3.64. The van der Waals surface area contributed by atoms with E-state index in [-0.39, 0.29) is 67.0 Å². The van der Waals surface area contributed by atoms with Crippen molar-refractivity contribution in [1.82, 2.24) is 30.1 Å². The van der Waals surface area contributed by atoms with E-state index in [9.17, 15) is 29.1 Å². The zero-order valence-corrected chi connectivity index (χ0v) is 31.5. The minimum Gasteiger partial charge on any atom is -0.481 e. The Bertz CT molecular complexity index is 1530. The van der Waals surface area contributed by atoms with Gasteiger partial charge in [-0.15, -0.1) is 11.3 Å². The van der Waals surface area contributed by atoms with E-state index in [0.29, 0.717) is 30.6 Å². The van der Waals surface area contributed by atoms with E-state index in [1.54, 1.807) is 36.6 Å². The number of Topliss-reactive ketones (excluding diaryl/α,β-unsaturated/α-hetero) is 1. The molecular weight excluding hydrogens is 676 g/mol. The topological polar surface area (TPSA) is 181 Å². The van der Waals surface area contributed by atoms with Crippen LogP contribution in [0.1, 0.15) is 92.8 Å². The molecule has 2 aromatic heterocycles. The minimum absolute atomic E-state index is 0.00868. The summed E-state index contributed by atoms with van der Waals surface area (Å²) in [6.07, 6.45) is 5.05. The number of morpholine rings is 1. The van der Waals surface area contributed by atoms with Crippen LogP contribution in [-0.2, 0) is 35.1 Å². The van der Waals surface area contributed by atoms with E-state index in [2.05, 4.69) is 20.3 Å². The average Bonchev–Trinajstić information content (AvgIpc) is 3.80. The number of carbonyl (C=O) groups excluding carboxylic acids is 4. The van der Waals surface area contributed by atoms with Crippen LogP contribution in [0.2, 0.25) is 0 Å². The highest BCUT2D eigenvalue weighted by Crippen LogP contribution is 2.41. The molecule has 2 aliphatic rings. The number of amides is 2. The van der Waals surface area contributed by atoms with Gasteiger partial charge < -0.3 is 24.8 Å². The lowest BCUT2D eigenvalue weighted by molar-refractivity contribution is -0.149. The SMILES string of the molecule is CC(=O)O[C@H](C[C@H](C(C)C)N(C)C(=O)[C@@H](CC(=O)[C@H]1COCCN1C)C1CC1)c1nc(C(=O)N[C@@H](Cc2ncc(C)cn2)C[C@H](C)C(=O)O)cs1. The van der Waals surface area contributed by atoms with Crippen molar-refractivity contribution in [1.29, 1.82) is 0 Å². The average molecular weight is 729 g/mol. The first kappa shape index (κ1) is 40.0. The summed E-state index contributed by atoms with van der Waals surface area (Å²) in [4.78, 5) is 81.7. The quantitative estimate of drug-likeness (QED) is 0.214. The second-order valence-electron chi connectivity index (χ2n) is 14.4. The standard InChI is InChI=1S/C36H52N6O8S/c1-20(2)28(42(7)35(46)26(24-8-9-24)14-30(44)29-18-49-11-10-41(29)6)15-31(50-23(5)43)34-40-27(19-51-34)33(45)39-25(12-22(4)36(47)48)13-32-37-16-21(3)17-38-32/h16-17,19-20,22,24-26,28-29,31H,8-15,18H2,1-7H3,(H,39,45)(H,47,48)/t22-,25+,26-,28+,29+,31+/m0/s1. The zero-order chi connectivity index (χ0) is 37.4. The normalized spacial score (nSPS) is 19.4. The molecule has 15 heteroatoms. The van der Waals surface area contributed by atoms with E-state index >= 15 is 0 Å². The molecular formula is C36H52N6O8S. The molecule has 4 rings (SSSR count). The van der Waals surface area contributed by atoms with E-state index in [4.69, 9.17) is 9.47 Å². The molecule has 1 saturated carbocycles. The van der Waals surface area contributed by atoms with Gasteiger partial charge >= 0.3 is 11.9 Å². The van der Waals surface area contributed by atoms with Gasteiger partial charge in [-0.3, -0.25) is 28.9 Å². The molecule has 2 amide bonds. The number of thiazole rings is 1. The lowest BCUT2D eigenvalue weighted by Crippen LogP contribution is -2.50. The van der Waals surface area contributed by atoms with E-state index in [0.717, 1.165) is 18.4 Å². The Balaban J connectivity index is 1.49. The molecule has 0 unspecified atom stereocenters. The number of ether oxygens (including phenoxy) is 2. The second-order valence-corrected chi connectivity index (χ2v) is 15.3. The first-order valence-corrected chi connectivity index (χ1v) is 18.5. The van der Waals surface area contributed by atoms with Crippen molar-refractivity contribution < 1.29 is 38.6 Å². The van der Waals surface area contributed by atoms with Crippen LogP contribution in [0, 0.1) is 30.6 Å². The number of hydrogen-bond donors (Lipinski definition) is 2.